The monoisotopic (exact) mass is 198 g/mol. The molecule has 0 aromatic heterocycles. The van der Waals surface area contributed by atoms with Crippen LogP contribution in [0, 0.1) is 0 Å². The van der Waals surface area contributed by atoms with Crippen molar-refractivity contribution in [2.45, 2.75) is 44.9 Å². The van der Waals surface area contributed by atoms with Crippen molar-refractivity contribution in [3.63, 3.8) is 0 Å². The fraction of sp³-hybridized carbons (Fsp3) is 1.00. The normalized spacial score (nSPS) is 39.4. The Bertz CT molecular complexity index is 190. The molecule has 0 spiro atoms. The first-order valence-corrected chi connectivity index (χ1v) is 5.86. The predicted molar refractivity (Wildman–Crippen MR) is 57.2 cm³/mol. The Labute approximate surface area is 86.8 Å². The maximum Gasteiger partial charge on any atom is 0.118 e. The fourth-order valence-electron chi connectivity index (χ4n) is 2.77. The van der Waals surface area contributed by atoms with Gasteiger partial charge in [0, 0.05) is 19.0 Å². The third-order valence-electron chi connectivity index (χ3n) is 3.55. The molecule has 2 unspecified atom stereocenters. The number of ether oxygens (including phenoxy) is 1. The zero-order valence-electron chi connectivity index (χ0n) is 9.38. The van der Waals surface area contributed by atoms with E-state index in [9.17, 15) is 0 Å². The lowest BCUT2D eigenvalue weighted by atomic mass is 10.0. The van der Waals surface area contributed by atoms with Crippen molar-refractivity contribution in [2.75, 3.05) is 26.2 Å². The van der Waals surface area contributed by atoms with Crippen molar-refractivity contribution in [1.29, 1.82) is 0 Å². The van der Waals surface area contributed by atoms with E-state index in [0.29, 0.717) is 0 Å². The zero-order chi connectivity index (χ0) is 10.0. The summed E-state index contributed by atoms with van der Waals surface area (Å²) in [5, 5.41) is 3.46. The first kappa shape index (κ1) is 10.4. The first-order valence-electron chi connectivity index (χ1n) is 5.86. The van der Waals surface area contributed by atoms with Gasteiger partial charge in [-0.3, -0.25) is 5.32 Å². The molecule has 82 valence electrons. The maximum atomic E-state index is 5.76. The van der Waals surface area contributed by atoms with Crippen LogP contribution in [-0.4, -0.2) is 42.9 Å². The standard InChI is InChI=1S/C11H22N2O/c1-3-13-7-4-5-10(13)9-11(2)12-6-8-14-11/h10,12H,3-9H2,1-2H3. The van der Waals surface area contributed by atoms with Crippen molar-refractivity contribution in [2.24, 2.45) is 0 Å². The molecule has 0 bridgehead atoms. The van der Waals surface area contributed by atoms with Crippen molar-refractivity contribution in [3.05, 3.63) is 0 Å². The van der Waals surface area contributed by atoms with Gasteiger partial charge in [-0.05, 0) is 32.9 Å². The largest absolute Gasteiger partial charge is 0.360 e. The molecule has 3 nitrogen and oxygen atoms in total. The number of likely N-dealkylation sites (tertiary alicyclic amines) is 1. The minimum absolute atomic E-state index is 0.0531. The summed E-state index contributed by atoms with van der Waals surface area (Å²) in [6.45, 7) is 8.78. The van der Waals surface area contributed by atoms with Gasteiger partial charge in [0.05, 0.1) is 6.61 Å². The van der Waals surface area contributed by atoms with Crippen LogP contribution in [0.1, 0.15) is 33.1 Å². The number of nitrogens with zero attached hydrogens (tertiary/aromatic N) is 1. The van der Waals surface area contributed by atoms with E-state index in [1.165, 1.54) is 25.9 Å². The van der Waals surface area contributed by atoms with Crippen molar-refractivity contribution >= 4 is 0 Å². The van der Waals surface area contributed by atoms with Crippen LogP contribution in [0.4, 0.5) is 0 Å². The molecular formula is C11H22N2O. The molecule has 2 heterocycles. The Morgan fingerprint density at radius 2 is 2.43 bits per heavy atom. The van der Waals surface area contributed by atoms with Crippen LogP contribution >= 0.6 is 0 Å². The van der Waals surface area contributed by atoms with E-state index in [1.807, 2.05) is 0 Å². The van der Waals surface area contributed by atoms with Gasteiger partial charge in [0.25, 0.3) is 0 Å². The summed E-state index contributed by atoms with van der Waals surface area (Å²) in [6, 6.07) is 0.732. The van der Waals surface area contributed by atoms with Crippen molar-refractivity contribution in [1.82, 2.24) is 10.2 Å². The lowest BCUT2D eigenvalue weighted by Gasteiger charge is -2.31. The van der Waals surface area contributed by atoms with Crippen molar-refractivity contribution < 1.29 is 4.74 Å². The lowest BCUT2D eigenvalue weighted by molar-refractivity contribution is -0.0174. The number of hydrogen-bond acceptors (Lipinski definition) is 3. The Morgan fingerprint density at radius 1 is 1.57 bits per heavy atom. The zero-order valence-corrected chi connectivity index (χ0v) is 9.38. The minimum Gasteiger partial charge on any atom is -0.360 e. The third-order valence-corrected chi connectivity index (χ3v) is 3.55. The van der Waals surface area contributed by atoms with Crippen LogP contribution in [-0.2, 0) is 4.74 Å². The molecule has 0 aliphatic carbocycles. The summed E-state index contributed by atoms with van der Waals surface area (Å²) in [4.78, 5) is 2.58. The van der Waals surface area contributed by atoms with Crippen LogP contribution in [0.2, 0.25) is 0 Å². The van der Waals surface area contributed by atoms with E-state index in [-0.39, 0.29) is 5.72 Å². The highest BCUT2D eigenvalue weighted by Crippen LogP contribution is 2.27. The van der Waals surface area contributed by atoms with E-state index >= 15 is 0 Å². The number of nitrogens with one attached hydrogen (secondary N) is 1. The van der Waals surface area contributed by atoms with E-state index in [0.717, 1.165) is 25.6 Å². The van der Waals surface area contributed by atoms with Gasteiger partial charge < -0.3 is 9.64 Å². The summed E-state index contributed by atoms with van der Waals surface area (Å²) in [7, 11) is 0. The minimum atomic E-state index is -0.0531. The highest BCUT2D eigenvalue weighted by Gasteiger charge is 2.35. The molecule has 2 fully saturated rings. The molecule has 0 aromatic carbocycles. The topological polar surface area (TPSA) is 24.5 Å². The van der Waals surface area contributed by atoms with Crippen LogP contribution < -0.4 is 5.32 Å². The Morgan fingerprint density at radius 3 is 3.07 bits per heavy atom. The van der Waals surface area contributed by atoms with Gasteiger partial charge in [-0.15, -0.1) is 0 Å². The second kappa shape index (κ2) is 4.17. The Kier molecular flexibility index (Phi) is 3.10. The molecule has 2 rings (SSSR count). The van der Waals surface area contributed by atoms with Crippen LogP contribution in [0.5, 0.6) is 0 Å². The molecule has 2 aliphatic rings. The van der Waals surface area contributed by atoms with Crippen LogP contribution in [0.25, 0.3) is 0 Å². The van der Waals surface area contributed by atoms with Gasteiger partial charge in [0.1, 0.15) is 5.72 Å². The summed E-state index contributed by atoms with van der Waals surface area (Å²) in [5.74, 6) is 0. The van der Waals surface area contributed by atoms with E-state index < -0.39 is 0 Å². The SMILES string of the molecule is CCN1CCCC1CC1(C)NCCO1. The van der Waals surface area contributed by atoms with Gasteiger partial charge >= 0.3 is 0 Å². The molecule has 14 heavy (non-hydrogen) atoms. The Balaban J connectivity index is 1.89. The van der Waals surface area contributed by atoms with Crippen LogP contribution in [0.15, 0.2) is 0 Å². The van der Waals surface area contributed by atoms with Crippen LogP contribution in [0.3, 0.4) is 0 Å². The number of rotatable bonds is 3. The maximum absolute atomic E-state index is 5.76. The molecule has 0 saturated carbocycles. The van der Waals surface area contributed by atoms with Gasteiger partial charge in [0.2, 0.25) is 0 Å². The fourth-order valence-corrected chi connectivity index (χ4v) is 2.77. The van der Waals surface area contributed by atoms with Gasteiger partial charge in [-0.2, -0.15) is 0 Å². The average Bonchev–Trinajstić information content (AvgIpc) is 2.75. The molecule has 0 radical (unpaired) electrons. The predicted octanol–water partition coefficient (Wildman–Crippen LogP) is 1.20. The molecule has 3 heteroatoms. The molecule has 2 saturated heterocycles. The third kappa shape index (κ3) is 2.10. The summed E-state index contributed by atoms with van der Waals surface area (Å²) >= 11 is 0. The summed E-state index contributed by atoms with van der Waals surface area (Å²) in [6.07, 6.45) is 3.84. The lowest BCUT2D eigenvalue weighted by Crippen LogP contribution is -2.44. The first-order chi connectivity index (χ1) is 6.73. The molecule has 2 aliphatic heterocycles. The van der Waals surface area contributed by atoms with E-state index in [2.05, 4.69) is 24.1 Å². The van der Waals surface area contributed by atoms with E-state index in [4.69, 9.17) is 4.74 Å². The smallest absolute Gasteiger partial charge is 0.118 e. The Hall–Kier alpha value is -0.120. The molecule has 0 amide bonds. The molecule has 0 aromatic rings. The van der Waals surface area contributed by atoms with Gasteiger partial charge in [-0.25, -0.2) is 0 Å². The molecule has 1 N–H and O–H groups in total. The van der Waals surface area contributed by atoms with Crippen molar-refractivity contribution in [3.8, 4) is 0 Å². The summed E-state index contributed by atoms with van der Waals surface area (Å²) in [5.41, 5.74) is -0.0531. The molecular weight excluding hydrogens is 176 g/mol. The van der Waals surface area contributed by atoms with Gasteiger partial charge in [-0.1, -0.05) is 6.92 Å². The molecule has 2 atom stereocenters. The highest BCUT2D eigenvalue weighted by molar-refractivity contribution is 4.87. The van der Waals surface area contributed by atoms with E-state index in [1.54, 1.807) is 0 Å². The number of hydrogen-bond donors (Lipinski definition) is 1. The second-order valence-corrected chi connectivity index (χ2v) is 4.63. The average molecular weight is 198 g/mol. The summed E-state index contributed by atoms with van der Waals surface area (Å²) < 4.78 is 5.76. The quantitative estimate of drug-likeness (QED) is 0.737. The highest BCUT2D eigenvalue weighted by atomic mass is 16.5. The second-order valence-electron chi connectivity index (χ2n) is 4.63. The van der Waals surface area contributed by atoms with Gasteiger partial charge in [0.15, 0.2) is 0 Å².